The van der Waals surface area contributed by atoms with Crippen molar-refractivity contribution in [2.75, 3.05) is 33.3 Å². The molecule has 0 saturated carbocycles. The number of hydrogen-bond donors (Lipinski definition) is 0. The molecule has 2 aromatic carbocycles. The van der Waals surface area contributed by atoms with Crippen LogP contribution in [0.2, 0.25) is 0 Å². The van der Waals surface area contributed by atoms with Gasteiger partial charge in [0, 0.05) is 55.8 Å². The van der Waals surface area contributed by atoms with E-state index in [2.05, 4.69) is 11.1 Å². The fourth-order valence-electron chi connectivity index (χ4n) is 5.87. The number of piperidine rings is 2. The van der Waals surface area contributed by atoms with Crippen molar-refractivity contribution in [1.82, 2.24) is 14.8 Å². The lowest BCUT2D eigenvalue weighted by molar-refractivity contribution is 0.0644. The topological polar surface area (TPSA) is 104 Å². The van der Waals surface area contributed by atoms with Gasteiger partial charge in [-0.2, -0.15) is 5.26 Å². The molecule has 1 aromatic heterocycles. The Hall–Kier alpha value is -4.42. The maximum absolute atomic E-state index is 15.0. The lowest BCUT2D eigenvalue weighted by atomic mass is 9.88. The summed E-state index contributed by atoms with van der Waals surface area (Å²) in [7, 11) is 1.58. The third-order valence-electron chi connectivity index (χ3n) is 8.53. The van der Waals surface area contributed by atoms with Gasteiger partial charge in [-0.25, -0.2) is 4.39 Å². The van der Waals surface area contributed by atoms with Crippen molar-refractivity contribution < 1.29 is 23.5 Å². The maximum atomic E-state index is 15.0. The number of nitrogens with zero attached hydrogens (tertiary/aromatic N) is 4. The lowest BCUT2D eigenvalue weighted by Gasteiger charge is -2.34. The number of Topliss-reactive ketones (excluding diaryl/α,β-unsaturated/α-hetero) is 2. The number of aromatic nitrogens is 1. The molecule has 1 amide bonds. The van der Waals surface area contributed by atoms with Gasteiger partial charge in [-0.05, 0) is 85.8 Å². The van der Waals surface area contributed by atoms with E-state index in [9.17, 15) is 14.4 Å². The van der Waals surface area contributed by atoms with E-state index in [-0.39, 0.29) is 48.0 Å². The predicted octanol–water partition coefficient (Wildman–Crippen LogP) is 5.13. The molecule has 1 unspecified atom stereocenters. The van der Waals surface area contributed by atoms with E-state index >= 15 is 4.39 Å². The minimum atomic E-state index is -1.12. The molecule has 9 heteroatoms. The summed E-state index contributed by atoms with van der Waals surface area (Å²) in [5.74, 6) is -0.157. The Morgan fingerprint density at radius 2 is 1.65 bits per heavy atom. The highest BCUT2D eigenvalue weighted by Crippen LogP contribution is 2.27. The second kappa shape index (κ2) is 13.7. The van der Waals surface area contributed by atoms with Crippen molar-refractivity contribution in [3.63, 3.8) is 0 Å². The van der Waals surface area contributed by atoms with Crippen molar-refractivity contribution >= 4 is 17.5 Å². The summed E-state index contributed by atoms with van der Waals surface area (Å²) in [6.45, 7) is 2.45. The van der Waals surface area contributed by atoms with Crippen LogP contribution in [0.4, 0.5) is 4.39 Å². The number of hydrogen-bond acceptors (Lipinski definition) is 7. The Labute approximate surface area is 251 Å². The van der Waals surface area contributed by atoms with Crippen molar-refractivity contribution in [2.24, 2.45) is 11.8 Å². The summed E-state index contributed by atoms with van der Waals surface area (Å²) >= 11 is 0. The maximum Gasteiger partial charge on any atom is 0.272 e. The molecule has 3 aromatic rings. The molecule has 2 saturated heterocycles. The summed E-state index contributed by atoms with van der Waals surface area (Å²) in [6, 6.07) is 19.6. The highest BCUT2D eigenvalue weighted by molar-refractivity contribution is 5.99. The molecule has 2 aliphatic heterocycles. The molecular formula is C34H35FN4O4. The molecule has 0 spiro atoms. The van der Waals surface area contributed by atoms with Gasteiger partial charge in [0.1, 0.15) is 17.6 Å². The quantitative estimate of drug-likeness (QED) is 0.322. The molecule has 43 heavy (non-hydrogen) atoms. The zero-order valence-corrected chi connectivity index (χ0v) is 24.2. The van der Waals surface area contributed by atoms with Crippen LogP contribution in [0.15, 0.2) is 66.9 Å². The number of ketones is 2. The second-order valence-electron chi connectivity index (χ2n) is 11.3. The van der Waals surface area contributed by atoms with Gasteiger partial charge in [-0.15, -0.1) is 0 Å². The number of carbonyl (C=O) groups excluding carboxylic acids is 3. The number of alkyl halides is 1. The number of nitriles is 1. The van der Waals surface area contributed by atoms with Gasteiger partial charge in [0.2, 0.25) is 0 Å². The van der Waals surface area contributed by atoms with E-state index in [1.165, 1.54) is 6.20 Å². The minimum Gasteiger partial charge on any atom is -0.497 e. The minimum absolute atomic E-state index is 0.0724. The highest BCUT2D eigenvalue weighted by Gasteiger charge is 2.32. The van der Waals surface area contributed by atoms with Crippen molar-refractivity contribution in [2.45, 2.75) is 38.4 Å². The van der Waals surface area contributed by atoms with Crippen LogP contribution in [0.3, 0.4) is 0 Å². The zero-order chi connectivity index (χ0) is 30.3. The van der Waals surface area contributed by atoms with Crippen LogP contribution in [-0.2, 0) is 6.54 Å². The molecule has 5 rings (SSSR count). The lowest BCUT2D eigenvalue weighted by Crippen LogP contribution is -2.42. The van der Waals surface area contributed by atoms with Gasteiger partial charge in [0.05, 0.1) is 18.7 Å². The van der Waals surface area contributed by atoms with Gasteiger partial charge < -0.3 is 9.64 Å². The van der Waals surface area contributed by atoms with Crippen LogP contribution < -0.4 is 4.74 Å². The number of halogens is 1. The fraction of sp³-hybridized carbons (Fsp3) is 0.382. The number of benzene rings is 2. The number of amides is 1. The first-order valence-corrected chi connectivity index (χ1v) is 14.7. The number of likely N-dealkylation sites (tertiary alicyclic amines) is 2. The van der Waals surface area contributed by atoms with Gasteiger partial charge in [0.25, 0.3) is 5.91 Å². The Bertz CT molecular complexity index is 1480. The predicted molar refractivity (Wildman–Crippen MR) is 159 cm³/mol. The second-order valence-corrected chi connectivity index (χ2v) is 11.3. The fourth-order valence-corrected chi connectivity index (χ4v) is 5.87. The van der Waals surface area contributed by atoms with E-state index in [0.717, 1.165) is 5.56 Å². The van der Waals surface area contributed by atoms with Crippen LogP contribution in [0.1, 0.15) is 68.0 Å². The van der Waals surface area contributed by atoms with Crippen molar-refractivity contribution in [1.29, 1.82) is 5.26 Å². The first-order chi connectivity index (χ1) is 20.8. The van der Waals surface area contributed by atoms with Gasteiger partial charge in [0.15, 0.2) is 11.6 Å². The summed E-state index contributed by atoms with van der Waals surface area (Å²) in [6.07, 6.45) is 2.10. The molecule has 2 fully saturated rings. The molecule has 0 radical (unpaired) electrons. The van der Waals surface area contributed by atoms with E-state index in [4.69, 9.17) is 10.00 Å². The number of pyridine rings is 1. The SMILES string of the molecule is COc1ccc(C(=O)C2CCN(C(=O)c3ccc(C(=O)CC4CCN(Cc5ccc(C#N)cc5)C[C@H]4F)cn3)CC2)cc1. The number of rotatable bonds is 9. The number of ether oxygens (including phenoxy) is 1. The van der Waals surface area contributed by atoms with E-state index in [1.807, 2.05) is 17.0 Å². The molecule has 0 bridgehead atoms. The summed E-state index contributed by atoms with van der Waals surface area (Å²) in [5.41, 5.74) is 2.87. The van der Waals surface area contributed by atoms with Gasteiger partial charge in [-0.3, -0.25) is 24.3 Å². The van der Waals surface area contributed by atoms with Crippen molar-refractivity contribution in [3.8, 4) is 11.8 Å². The molecule has 0 aliphatic carbocycles. The number of carbonyl (C=O) groups is 3. The van der Waals surface area contributed by atoms with Crippen molar-refractivity contribution in [3.05, 3.63) is 94.8 Å². The van der Waals surface area contributed by atoms with Crippen LogP contribution in [0.5, 0.6) is 5.75 Å². The molecule has 3 heterocycles. The van der Waals surface area contributed by atoms with Crippen LogP contribution in [-0.4, -0.2) is 71.7 Å². The van der Waals surface area contributed by atoms with Gasteiger partial charge in [-0.1, -0.05) is 12.1 Å². The smallest absolute Gasteiger partial charge is 0.272 e. The number of methoxy groups -OCH3 is 1. The average Bonchev–Trinajstić information content (AvgIpc) is 3.06. The van der Waals surface area contributed by atoms with Gasteiger partial charge >= 0.3 is 0 Å². The molecule has 8 nitrogen and oxygen atoms in total. The first kappa shape index (κ1) is 30.1. The normalized spacial score (nSPS) is 19.4. The average molecular weight is 583 g/mol. The molecule has 0 N–H and O–H groups in total. The Kier molecular flexibility index (Phi) is 9.58. The van der Waals surface area contributed by atoms with E-state index in [0.29, 0.717) is 67.9 Å². The van der Waals surface area contributed by atoms with E-state index < -0.39 is 6.17 Å². The largest absolute Gasteiger partial charge is 0.497 e. The third kappa shape index (κ3) is 7.33. The molecule has 2 atom stereocenters. The molecule has 2 aliphatic rings. The third-order valence-corrected chi connectivity index (χ3v) is 8.53. The summed E-state index contributed by atoms with van der Waals surface area (Å²) in [5, 5.41) is 8.95. The Balaban J connectivity index is 1.09. The summed E-state index contributed by atoms with van der Waals surface area (Å²) < 4.78 is 20.2. The Morgan fingerprint density at radius 1 is 0.953 bits per heavy atom. The van der Waals surface area contributed by atoms with Crippen LogP contribution in [0.25, 0.3) is 0 Å². The monoisotopic (exact) mass is 582 g/mol. The molecular weight excluding hydrogens is 547 g/mol. The Morgan fingerprint density at radius 3 is 2.26 bits per heavy atom. The van der Waals surface area contributed by atoms with E-state index in [1.54, 1.807) is 60.5 Å². The zero-order valence-electron chi connectivity index (χ0n) is 24.2. The highest BCUT2D eigenvalue weighted by atomic mass is 19.1. The van der Waals surface area contributed by atoms with Crippen LogP contribution >= 0.6 is 0 Å². The first-order valence-electron chi connectivity index (χ1n) is 14.7. The summed E-state index contributed by atoms with van der Waals surface area (Å²) in [4.78, 5) is 46.9. The standard InChI is InChI=1S/C34H35FN4O4/c1-43-29-9-6-25(7-10-29)33(41)26-13-16-39(17-14-26)34(42)31-11-8-28(20-37-31)32(40)18-27-12-15-38(22-30(27)35)21-24-4-2-23(19-36)3-5-24/h2-11,20,26-27,30H,12-18,21-22H2,1H3/t27?,30-/m1/s1. The van der Waals surface area contributed by atoms with Crippen LogP contribution in [0, 0.1) is 23.2 Å². The molecule has 222 valence electrons.